The quantitative estimate of drug-likeness (QED) is 0.554. The van der Waals surface area contributed by atoms with Gasteiger partial charge in [0.05, 0.1) is 17.9 Å². The molecule has 0 saturated heterocycles. The van der Waals surface area contributed by atoms with E-state index in [1.54, 1.807) is 7.11 Å². The van der Waals surface area contributed by atoms with Crippen LogP contribution in [0.15, 0.2) is 24.3 Å². The van der Waals surface area contributed by atoms with Crippen LogP contribution in [0, 0.1) is 12.7 Å². The molecule has 2 fully saturated rings. The van der Waals surface area contributed by atoms with Crippen LogP contribution in [0.4, 0.5) is 4.39 Å². The van der Waals surface area contributed by atoms with Crippen molar-refractivity contribution < 1.29 is 9.13 Å². The van der Waals surface area contributed by atoms with Crippen LogP contribution < -0.4 is 0 Å². The van der Waals surface area contributed by atoms with Crippen LogP contribution in [0.3, 0.4) is 0 Å². The summed E-state index contributed by atoms with van der Waals surface area (Å²) in [6, 6.07) is 6.73. The summed E-state index contributed by atoms with van der Waals surface area (Å²) in [4.78, 5) is 5.41. The third-order valence-electron chi connectivity index (χ3n) is 7.41. The van der Waals surface area contributed by atoms with Crippen molar-refractivity contribution in [1.82, 2.24) is 25.6 Å². The summed E-state index contributed by atoms with van der Waals surface area (Å²) in [5.74, 6) is 0.744. The number of aromatic nitrogens is 5. The van der Waals surface area contributed by atoms with Gasteiger partial charge in [-0.15, -0.1) is 10.2 Å². The van der Waals surface area contributed by atoms with Gasteiger partial charge in [-0.3, -0.25) is 4.98 Å². The molecule has 7 heteroatoms. The first kappa shape index (κ1) is 21.2. The number of rotatable bonds is 6. The van der Waals surface area contributed by atoms with E-state index in [4.69, 9.17) is 9.72 Å². The topological polar surface area (TPSA) is 76.6 Å². The Balaban J connectivity index is 1.84. The minimum absolute atomic E-state index is 0.180. The van der Waals surface area contributed by atoms with E-state index in [0.717, 1.165) is 66.5 Å². The second kappa shape index (κ2) is 8.70. The van der Waals surface area contributed by atoms with Gasteiger partial charge in [-0.25, -0.2) is 4.39 Å². The Hall–Kier alpha value is -2.67. The standard InChI is InChI=1S/C25H30FN5O/c1-16-20(17-9-11-19(26)12-10-17)21(24-28-30-31-29-24)23(25(15-32-2)13-5-6-14-25)27-22(16)18-7-3-4-8-18/h9-12,18H,3-8,13-15H2,1-2H3,(H,28,29,30,31). The van der Waals surface area contributed by atoms with E-state index in [1.165, 1.54) is 30.7 Å². The molecule has 32 heavy (non-hydrogen) atoms. The highest BCUT2D eigenvalue weighted by Crippen LogP contribution is 2.49. The molecule has 0 atom stereocenters. The number of ether oxygens (including phenoxy) is 1. The van der Waals surface area contributed by atoms with E-state index in [2.05, 4.69) is 27.5 Å². The number of pyridine rings is 1. The number of nitrogens with one attached hydrogen (secondary N) is 1. The maximum absolute atomic E-state index is 13.8. The maximum Gasteiger partial charge on any atom is 0.207 e. The number of aromatic amines is 1. The lowest BCUT2D eigenvalue weighted by Gasteiger charge is -2.32. The molecule has 0 aliphatic heterocycles. The van der Waals surface area contributed by atoms with Crippen molar-refractivity contribution in [2.24, 2.45) is 0 Å². The van der Waals surface area contributed by atoms with Gasteiger partial charge in [-0.05, 0) is 66.6 Å². The van der Waals surface area contributed by atoms with E-state index < -0.39 is 0 Å². The Morgan fingerprint density at radius 1 is 1.06 bits per heavy atom. The number of H-pyrrole nitrogens is 1. The first-order chi connectivity index (χ1) is 15.6. The van der Waals surface area contributed by atoms with Crippen LogP contribution in [0.25, 0.3) is 22.5 Å². The molecule has 0 radical (unpaired) electrons. The predicted octanol–water partition coefficient (Wildman–Crippen LogP) is 5.49. The van der Waals surface area contributed by atoms with Crippen LogP contribution in [0.5, 0.6) is 0 Å². The highest BCUT2D eigenvalue weighted by molar-refractivity contribution is 5.85. The molecule has 1 N–H and O–H groups in total. The van der Waals surface area contributed by atoms with Crippen molar-refractivity contribution in [2.45, 2.75) is 69.6 Å². The number of tetrazole rings is 1. The van der Waals surface area contributed by atoms with Crippen LogP contribution in [-0.2, 0) is 10.2 Å². The molecule has 0 spiro atoms. The Morgan fingerprint density at radius 2 is 1.78 bits per heavy atom. The molecule has 0 unspecified atom stereocenters. The average Bonchev–Trinajstić information content (AvgIpc) is 3.57. The molecule has 2 aliphatic rings. The highest BCUT2D eigenvalue weighted by Gasteiger charge is 2.42. The zero-order chi connectivity index (χ0) is 22.1. The van der Waals surface area contributed by atoms with Crippen LogP contribution in [0.1, 0.15) is 74.2 Å². The molecule has 6 nitrogen and oxygen atoms in total. The van der Waals surface area contributed by atoms with Gasteiger partial charge in [0.1, 0.15) is 5.82 Å². The van der Waals surface area contributed by atoms with Crippen molar-refractivity contribution in [3.05, 3.63) is 47.0 Å². The largest absolute Gasteiger partial charge is 0.384 e. The number of hydrogen-bond donors (Lipinski definition) is 1. The van der Waals surface area contributed by atoms with Gasteiger partial charge in [-0.1, -0.05) is 37.8 Å². The number of nitrogens with zero attached hydrogens (tertiary/aromatic N) is 4. The zero-order valence-electron chi connectivity index (χ0n) is 18.8. The first-order valence-corrected chi connectivity index (χ1v) is 11.7. The van der Waals surface area contributed by atoms with Gasteiger partial charge in [-0.2, -0.15) is 5.21 Å². The van der Waals surface area contributed by atoms with Crippen LogP contribution in [0.2, 0.25) is 0 Å². The Labute approximate surface area is 188 Å². The van der Waals surface area contributed by atoms with Gasteiger partial charge in [0.2, 0.25) is 5.82 Å². The smallest absolute Gasteiger partial charge is 0.207 e. The van der Waals surface area contributed by atoms with Gasteiger partial charge in [0.25, 0.3) is 0 Å². The summed E-state index contributed by atoms with van der Waals surface area (Å²) in [6.45, 7) is 2.76. The average molecular weight is 436 g/mol. The summed E-state index contributed by atoms with van der Waals surface area (Å²) < 4.78 is 19.6. The molecule has 2 aliphatic carbocycles. The molecular formula is C25H30FN5O. The molecule has 3 aromatic rings. The summed E-state index contributed by atoms with van der Waals surface area (Å²) in [6.07, 6.45) is 9.14. The van der Waals surface area contributed by atoms with Crippen molar-refractivity contribution in [1.29, 1.82) is 0 Å². The predicted molar refractivity (Wildman–Crippen MR) is 121 cm³/mol. The first-order valence-electron chi connectivity index (χ1n) is 11.7. The van der Waals surface area contributed by atoms with E-state index in [0.29, 0.717) is 18.3 Å². The molecule has 2 heterocycles. The minimum Gasteiger partial charge on any atom is -0.384 e. The normalized spacial score (nSPS) is 18.5. The van der Waals surface area contributed by atoms with Crippen molar-refractivity contribution in [3.63, 3.8) is 0 Å². The zero-order valence-corrected chi connectivity index (χ0v) is 18.8. The van der Waals surface area contributed by atoms with E-state index in [-0.39, 0.29) is 11.2 Å². The molecule has 0 bridgehead atoms. The Morgan fingerprint density at radius 3 is 2.41 bits per heavy atom. The SMILES string of the molecule is COCC1(c2nc(C3CCCC3)c(C)c(-c3ccc(F)cc3)c2-c2nn[nH]n2)CCCC1. The second-order valence-electron chi connectivity index (χ2n) is 9.36. The Bertz CT molecular complexity index is 1070. The molecule has 168 valence electrons. The summed E-state index contributed by atoms with van der Waals surface area (Å²) in [5, 5.41) is 15.2. The molecule has 1 aromatic carbocycles. The van der Waals surface area contributed by atoms with Crippen LogP contribution >= 0.6 is 0 Å². The van der Waals surface area contributed by atoms with E-state index >= 15 is 0 Å². The monoisotopic (exact) mass is 435 g/mol. The van der Waals surface area contributed by atoms with E-state index in [9.17, 15) is 4.39 Å². The van der Waals surface area contributed by atoms with Gasteiger partial charge in [0.15, 0.2) is 0 Å². The van der Waals surface area contributed by atoms with Crippen LogP contribution in [-0.4, -0.2) is 39.3 Å². The fourth-order valence-corrected chi connectivity index (χ4v) is 5.92. The number of halogens is 1. The number of hydrogen-bond acceptors (Lipinski definition) is 5. The lowest BCUT2D eigenvalue weighted by atomic mass is 9.77. The molecular weight excluding hydrogens is 405 g/mol. The lowest BCUT2D eigenvalue weighted by molar-refractivity contribution is 0.129. The number of methoxy groups -OCH3 is 1. The lowest BCUT2D eigenvalue weighted by Crippen LogP contribution is -2.31. The van der Waals surface area contributed by atoms with E-state index in [1.807, 2.05) is 12.1 Å². The fourth-order valence-electron chi connectivity index (χ4n) is 5.92. The molecule has 2 saturated carbocycles. The molecule has 2 aromatic heterocycles. The molecule has 0 amide bonds. The Kier molecular flexibility index (Phi) is 5.76. The highest BCUT2D eigenvalue weighted by atomic mass is 19.1. The maximum atomic E-state index is 13.8. The molecule has 5 rings (SSSR count). The summed E-state index contributed by atoms with van der Waals surface area (Å²) >= 11 is 0. The van der Waals surface area contributed by atoms with Crippen molar-refractivity contribution >= 4 is 0 Å². The fraction of sp³-hybridized carbons (Fsp3) is 0.520. The van der Waals surface area contributed by atoms with Gasteiger partial charge < -0.3 is 4.74 Å². The second-order valence-corrected chi connectivity index (χ2v) is 9.36. The summed E-state index contributed by atoms with van der Waals surface area (Å²) in [7, 11) is 1.76. The minimum atomic E-state index is -0.246. The summed E-state index contributed by atoms with van der Waals surface area (Å²) in [5.41, 5.74) is 6.05. The number of benzene rings is 1. The third-order valence-corrected chi connectivity index (χ3v) is 7.41. The third kappa shape index (κ3) is 3.62. The van der Waals surface area contributed by atoms with Gasteiger partial charge >= 0.3 is 0 Å². The van der Waals surface area contributed by atoms with Crippen molar-refractivity contribution in [3.8, 4) is 22.5 Å². The van der Waals surface area contributed by atoms with Gasteiger partial charge in [0, 0.05) is 24.1 Å². The van der Waals surface area contributed by atoms with Crippen molar-refractivity contribution in [2.75, 3.05) is 13.7 Å².